The third-order valence-electron chi connectivity index (χ3n) is 3.39. The van der Waals surface area contributed by atoms with Crippen molar-refractivity contribution in [3.8, 4) is 5.75 Å². The van der Waals surface area contributed by atoms with Crippen molar-refractivity contribution in [1.29, 1.82) is 0 Å². The second-order valence-electron chi connectivity index (χ2n) is 6.85. The summed E-state index contributed by atoms with van der Waals surface area (Å²) in [5.74, 6) is -1.89. The van der Waals surface area contributed by atoms with Gasteiger partial charge in [-0.05, 0) is 51.1 Å². The van der Waals surface area contributed by atoms with E-state index in [0.717, 1.165) is 24.3 Å². The monoisotopic (exact) mass is 438 g/mol. The van der Waals surface area contributed by atoms with Crippen molar-refractivity contribution < 1.29 is 31.8 Å². The minimum Gasteiger partial charge on any atom is -0.489 e. The second kappa shape index (κ2) is 8.17. The van der Waals surface area contributed by atoms with E-state index in [2.05, 4.69) is 0 Å². The fourth-order valence-electron chi connectivity index (χ4n) is 2.16. The van der Waals surface area contributed by atoms with Gasteiger partial charge in [0.05, 0.1) is 16.1 Å². The van der Waals surface area contributed by atoms with Gasteiger partial charge in [0.15, 0.2) is 0 Å². The lowest BCUT2D eigenvalue weighted by molar-refractivity contribution is -0.137. The van der Waals surface area contributed by atoms with E-state index in [9.17, 15) is 22.4 Å². The lowest BCUT2D eigenvalue weighted by Gasteiger charge is -2.20. The number of carbonyl (C=O) groups is 1. The highest BCUT2D eigenvalue weighted by molar-refractivity contribution is 6.32. The second-order valence-corrected chi connectivity index (χ2v) is 7.67. The molecule has 2 aromatic carbocycles. The van der Waals surface area contributed by atoms with E-state index in [1.807, 2.05) is 0 Å². The van der Waals surface area contributed by atoms with Crippen LogP contribution in [0.2, 0.25) is 10.0 Å². The Balaban J connectivity index is 2.20. The Morgan fingerprint density at radius 1 is 1.04 bits per heavy atom. The molecule has 0 saturated heterocycles. The Labute approximate surface area is 169 Å². The molecule has 0 fully saturated rings. The maximum Gasteiger partial charge on any atom is 0.417 e. The van der Waals surface area contributed by atoms with Gasteiger partial charge in [-0.3, -0.25) is 0 Å². The number of esters is 1. The van der Waals surface area contributed by atoms with E-state index in [-0.39, 0.29) is 28.5 Å². The number of alkyl halides is 3. The van der Waals surface area contributed by atoms with E-state index in [0.29, 0.717) is 0 Å². The molecule has 0 radical (unpaired) electrons. The summed E-state index contributed by atoms with van der Waals surface area (Å²) in [7, 11) is 0. The van der Waals surface area contributed by atoms with Crippen LogP contribution in [0, 0.1) is 5.82 Å². The first-order chi connectivity index (χ1) is 12.8. The van der Waals surface area contributed by atoms with Gasteiger partial charge in [-0.25, -0.2) is 9.18 Å². The molecular formula is C19H16Cl2F4O3. The van der Waals surface area contributed by atoms with E-state index in [4.69, 9.17) is 32.7 Å². The molecule has 0 aliphatic rings. The Kier molecular flexibility index (Phi) is 6.51. The minimum atomic E-state index is -4.64. The normalized spacial score (nSPS) is 12.0. The number of hydrogen-bond donors (Lipinski definition) is 0. The molecule has 28 heavy (non-hydrogen) atoms. The summed E-state index contributed by atoms with van der Waals surface area (Å²) in [6.07, 6.45) is -4.64. The Bertz CT molecular complexity index is 890. The number of halogens is 6. The lowest BCUT2D eigenvalue weighted by Crippen LogP contribution is -2.24. The topological polar surface area (TPSA) is 35.5 Å². The Morgan fingerprint density at radius 2 is 1.68 bits per heavy atom. The largest absolute Gasteiger partial charge is 0.489 e. The van der Waals surface area contributed by atoms with Crippen LogP contribution in [0.5, 0.6) is 5.75 Å². The van der Waals surface area contributed by atoms with Gasteiger partial charge >= 0.3 is 12.1 Å². The van der Waals surface area contributed by atoms with E-state index >= 15 is 0 Å². The molecule has 2 aromatic rings. The summed E-state index contributed by atoms with van der Waals surface area (Å²) < 4.78 is 63.3. The zero-order valence-electron chi connectivity index (χ0n) is 15.1. The SMILES string of the molecule is CC(C)(C)OC(=O)c1cc(Cl)c(COc2ccc(Cl)c(C(F)(F)F)c2)cc1F. The van der Waals surface area contributed by atoms with Crippen LogP contribution in [-0.2, 0) is 17.5 Å². The van der Waals surface area contributed by atoms with Gasteiger partial charge in [-0.1, -0.05) is 23.2 Å². The highest BCUT2D eigenvalue weighted by Gasteiger charge is 2.33. The third kappa shape index (κ3) is 5.75. The molecule has 9 heteroatoms. The van der Waals surface area contributed by atoms with E-state index in [1.54, 1.807) is 20.8 Å². The summed E-state index contributed by atoms with van der Waals surface area (Å²) in [6, 6.07) is 5.10. The van der Waals surface area contributed by atoms with Crippen LogP contribution in [0.15, 0.2) is 30.3 Å². The predicted octanol–water partition coefficient (Wildman–Crippen LogP) is 6.69. The van der Waals surface area contributed by atoms with Gasteiger partial charge in [0.2, 0.25) is 0 Å². The van der Waals surface area contributed by atoms with Crippen molar-refractivity contribution in [1.82, 2.24) is 0 Å². The molecule has 0 heterocycles. The van der Waals surface area contributed by atoms with Gasteiger partial charge in [0.1, 0.15) is 23.8 Å². The lowest BCUT2D eigenvalue weighted by atomic mass is 10.1. The van der Waals surface area contributed by atoms with Crippen LogP contribution >= 0.6 is 23.2 Å². The molecule has 0 aliphatic carbocycles. The molecule has 0 spiro atoms. The van der Waals surface area contributed by atoms with Gasteiger partial charge in [0, 0.05) is 10.6 Å². The van der Waals surface area contributed by atoms with Crippen LogP contribution in [0.25, 0.3) is 0 Å². The Morgan fingerprint density at radius 3 is 2.25 bits per heavy atom. The maximum atomic E-state index is 14.3. The molecule has 0 aliphatic heterocycles. The quantitative estimate of drug-likeness (QED) is 0.394. The highest BCUT2D eigenvalue weighted by Crippen LogP contribution is 2.37. The maximum absolute atomic E-state index is 14.3. The average Bonchev–Trinajstić information content (AvgIpc) is 2.53. The number of benzene rings is 2. The summed E-state index contributed by atoms with van der Waals surface area (Å²) in [5.41, 5.74) is -2.07. The van der Waals surface area contributed by atoms with Crippen LogP contribution in [-0.4, -0.2) is 11.6 Å². The minimum absolute atomic E-state index is 0.00673. The van der Waals surface area contributed by atoms with Crippen molar-refractivity contribution in [3.63, 3.8) is 0 Å². The zero-order valence-corrected chi connectivity index (χ0v) is 16.6. The summed E-state index contributed by atoms with van der Waals surface area (Å²) in [6.45, 7) is 4.58. The fourth-order valence-corrected chi connectivity index (χ4v) is 2.60. The van der Waals surface area contributed by atoms with Crippen molar-refractivity contribution >= 4 is 29.2 Å². The summed E-state index contributed by atoms with van der Waals surface area (Å²) in [4.78, 5) is 12.0. The number of hydrogen-bond acceptors (Lipinski definition) is 3. The van der Waals surface area contributed by atoms with Crippen molar-refractivity contribution in [2.24, 2.45) is 0 Å². The molecule has 152 valence electrons. The molecule has 2 rings (SSSR count). The van der Waals surface area contributed by atoms with Crippen LogP contribution in [0.1, 0.15) is 42.3 Å². The molecule has 0 N–H and O–H groups in total. The molecule has 0 bridgehead atoms. The first-order valence-electron chi connectivity index (χ1n) is 7.99. The molecule has 0 saturated carbocycles. The van der Waals surface area contributed by atoms with Gasteiger partial charge < -0.3 is 9.47 Å². The van der Waals surface area contributed by atoms with Gasteiger partial charge in [-0.15, -0.1) is 0 Å². The zero-order chi connectivity index (χ0) is 21.3. The van der Waals surface area contributed by atoms with E-state index < -0.39 is 34.1 Å². The molecule has 3 nitrogen and oxygen atoms in total. The third-order valence-corrected chi connectivity index (χ3v) is 4.07. The molecule has 0 unspecified atom stereocenters. The first kappa shape index (κ1) is 22.3. The fraction of sp³-hybridized carbons (Fsp3) is 0.316. The van der Waals surface area contributed by atoms with Crippen molar-refractivity contribution in [2.75, 3.05) is 0 Å². The summed E-state index contributed by atoms with van der Waals surface area (Å²) >= 11 is 11.6. The van der Waals surface area contributed by atoms with Crippen molar-refractivity contribution in [2.45, 2.75) is 39.2 Å². The van der Waals surface area contributed by atoms with Gasteiger partial charge in [0.25, 0.3) is 0 Å². The van der Waals surface area contributed by atoms with Crippen LogP contribution in [0.4, 0.5) is 17.6 Å². The first-order valence-corrected chi connectivity index (χ1v) is 8.74. The number of ether oxygens (including phenoxy) is 2. The summed E-state index contributed by atoms with van der Waals surface area (Å²) in [5, 5.41) is -0.460. The van der Waals surface area contributed by atoms with Gasteiger partial charge in [-0.2, -0.15) is 13.2 Å². The molecule has 0 amide bonds. The number of carbonyl (C=O) groups excluding carboxylic acids is 1. The molecule has 0 aromatic heterocycles. The Hall–Kier alpha value is -1.99. The van der Waals surface area contributed by atoms with Crippen LogP contribution < -0.4 is 4.74 Å². The molecule has 0 atom stereocenters. The molecular weight excluding hydrogens is 423 g/mol. The average molecular weight is 439 g/mol. The smallest absolute Gasteiger partial charge is 0.417 e. The number of rotatable bonds is 4. The van der Waals surface area contributed by atoms with Crippen LogP contribution in [0.3, 0.4) is 0 Å². The van der Waals surface area contributed by atoms with Crippen molar-refractivity contribution in [3.05, 3.63) is 62.9 Å². The van der Waals surface area contributed by atoms with E-state index in [1.165, 1.54) is 6.07 Å². The highest BCUT2D eigenvalue weighted by atomic mass is 35.5. The predicted molar refractivity (Wildman–Crippen MR) is 97.4 cm³/mol. The standard InChI is InChI=1S/C19H16Cl2F4O3/c1-18(2,3)28-17(26)12-8-15(21)10(6-16(12)22)9-27-11-4-5-14(20)13(7-11)19(23,24)25/h4-8H,9H2,1-3H3.